The molecule has 2 aromatic carbocycles. The van der Waals surface area contributed by atoms with Crippen LogP contribution in [0.4, 0.5) is 5.82 Å². The van der Waals surface area contributed by atoms with E-state index >= 15 is 0 Å². The molecule has 21 heavy (non-hydrogen) atoms. The first kappa shape index (κ1) is 12.1. The number of rotatable bonds is 1. The number of anilines is 1. The molecule has 2 heterocycles. The van der Waals surface area contributed by atoms with Crippen molar-refractivity contribution in [1.29, 1.82) is 0 Å². The van der Waals surface area contributed by atoms with Crippen LogP contribution < -0.4 is 5.32 Å². The van der Waals surface area contributed by atoms with Gasteiger partial charge in [-0.05, 0) is 16.3 Å². The largest absolute Gasteiger partial charge is 0.311 e. The molecule has 0 aliphatic carbocycles. The van der Waals surface area contributed by atoms with E-state index in [1.54, 1.807) is 4.68 Å². The summed E-state index contributed by atoms with van der Waals surface area (Å²) in [6.07, 6.45) is 2.33. The highest BCUT2D eigenvalue weighted by Crippen LogP contribution is 2.39. The van der Waals surface area contributed by atoms with Gasteiger partial charge in [-0.25, -0.2) is 0 Å². The topological polar surface area (TPSA) is 46.9 Å². The first-order valence-corrected chi connectivity index (χ1v) is 7.03. The van der Waals surface area contributed by atoms with Gasteiger partial charge in [0.1, 0.15) is 5.82 Å². The van der Waals surface area contributed by atoms with Crippen LogP contribution in [0.2, 0.25) is 0 Å². The molecule has 104 valence electrons. The van der Waals surface area contributed by atoms with E-state index in [-0.39, 0.29) is 11.8 Å². The second kappa shape index (κ2) is 4.45. The van der Waals surface area contributed by atoms with E-state index in [1.165, 1.54) is 16.3 Å². The quantitative estimate of drug-likeness (QED) is 0.743. The smallest absolute Gasteiger partial charge is 0.226 e. The highest BCUT2D eigenvalue weighted by molar-refractivity contribution is 5.96. The number of amides is 1. The molecule has 0 radical (unpaired) electrons. The zero-order chi connectivity index (χ0) is 14.4. The Morgan fingerprint density at radius 3 is 2.86 bits per heavy atom. The number of benzene rings is 2. The molecule has 4 rings (SSSR count). The fourth-order valence-electron chi connectivity index (χ4n) is 3.17. The number of carbonyl (C=O) groups is 1. The molecule has 0 fully saturated rings. The van der Waals surface area contributed by atoms with Crippen LogP contribution >= 0.6 is 0 Å². The normalized spacial score (nSPS) is 17.6. The van der Waals surface area contributed by atoms with Gasteiger partial charge in [-0.1, -0.05) is 42.5 Å². The van der Waals surface area contributed by atoms with Crippen LogP contribution in [0.1, 0.15) is 23.5 Å². The van der Waals surface area contributed by atoms with Gasteiger partial charge in [0.25, 0.3) is 0 Å². The van der Waals surface area contributed by atoms with Gasteiger partial charge in [0, 0.05) is 24.9 Å². The minimum Gasteiger partial charge on any atom is -0.311 e. The molecule has 1 aromatic heterocycles. The van der Waals surface area contributed by atoms with Crippen LogP contribution in [-0.2, 0) is 11.8 Å². The number of hydrogen-bond acceptors (Lipinski definition) is 2. The predicted octanol–water partition coefficient (Wildman–Crippen LogP) is 3.05. The molecule has 1 amide bonds. The number of aromatic nitrogens is 2. The van der Waals surface area contributed by atoms with Crippen molar-refractivity contribution in [3.63, 3.8) is 0 Å². The van der Waals surface area contributed by atoms with Gasteiger partial charge in [-0.15, -0.1) is 0 Å². The second-order valence-corrected chi connectivity index (χ2v) is 5.45. The first-order valence-electron chi connectivity index (χ1n) is 7.03. The average molecular weight is 277 g/mol. The SMILES string of the molecule is Cn1ncc2c1NC(=O)C[C@@H]2c1cccc2ccccc12. The molecule has 0 spiro atoms. The van der Waals surface area contributed by atoms with Crippen molar-refractivity contribution in [3.8, 4) is 0 Å². The van der Waals surface area contributed by atoms with E-state index in [9.17, 15) is 4.79 Å². The van der Waals surface area contributed by atoms with E-state index in [4.69, 9.17) is 0 Å². The monoisotopic (exact) mass is 277 g/mol. The van der Waals surface area contributed by atoms with Gasteiger partial charge < -0.3 is 5.32 Å². The minimum absolute atomic E-state index is 0.0454. The van der Waals surface area contributed by atoms with Crippen molar-refractivity contribution < 1.29 is 4.79 Å². The number of hydrogen-bond donors (Lipinski definition) is 1. The Morgan fingerprint density at radius 2 is 1.95 bits per heavy atom. The highest BCUT2D eigenvalue weighted by Gasteiger charge is 2.30. The Bertz CT molecular complexity index is 845. The fraction of sp³-hybridized carbons (Fsp3) is 0.176. The van der Waals surface area contributed by atoms with Crippen LogP contribution in [0.15, 0.2) is 48.7 Å². The first-order chi connectivity index (χ1) is 10.2. The van der Waals surface area contributed by atoms with Crippen molar-refractivity contribution in [1.82, 2.24) is 9.78 Å². The van der Waals surface area contributed by atoms with E-state index in [0.29, 0.717) is 6.42 Å². The lowest BCUT2D eigenvalue weighted by Crippen LogP contribution is -2.24. The van der Waals surface area contributed by atoms with E-state index < -0.39 is 0 Å². The van der Waals surface area contributed by atoms with Crippen LogP contribution in [-0.4, -0.2) is 15.7 Å². The third-order valence-electron chi connectivity index (χ3n) is 4.19. The van der Waals surface area contributed by atoms with Crippen molar-refractivity contribution in [3.05, 3.63) is 59.8 Å². The molecule has 1 N–H and O–H groups in total. The number of nitrogens with one attached hydrogen (secondary N) is 1. The zero-order valence-corrected chi connectivity index (χ0v) is 11.7. The second-order valence-electron chi connectivity index (χ2n) is 5.45. The standard InChI is InChI=1S/C17H15N3O/c1-20-17-15(10-18-20)14(9-16(21)19-17)13-8-4-6-11-5-2-3-7-12(11)13/h2-8,10,14H,9H2,1H3,(H,19,21)/t14-/m1/s1. The van der Waals surface area contributed by atoms with E-state index in [0.717, 1.165) is 11.4 Å². The molecule has 0 saturated heterocycles. The number of fused-ring (bicyclic) bond motifs is 2. The van der Waals surface area contributed by atoms with Gasteiger partial charge in [0.15, 0.2) is 0 Å². The summed E-state index contributed by atoms with van der Waals surface area (Å²) in [6.45, 7) is 0. The van der Waals surface area contributed by atoms with Gasteiger partial charge in [-0.2, -0.15) is 5.10 Å². The van der Waals surface area contributed by atoms with E-state index in [1.807, 2.05) is 25.4 Å². The maximum Gasteiger partial charge on any atom is 0.226 e. The summed E-state index contributed by atoms with van der Waals surface area (Å²) < 4.78 is 1.73. The van der Waals surface area contributed by atoms with Crippen molar-refractivity contribution >= 4 is 22.5 Å². The molecule has 0 bridgehead atoms. The molecule has 0 saturated carbocycles. The Morgan fingerprint density at radius 1 is 1.14 bits per heavy atom. The maximum absolute atomic E-state index is 12.0. The molecule has 3 aromatic rings. The Kier molecular flexibility index (Phi) is 2.57. The highest BCUT2D eigenvalue weighted by atomic mass is 16.1. The Hall–Kier alpha value is -2.62. The predicted molar refractivity (Wildman–Crippen MR) is 82.2 cm³/mol. The Balaban J connectivity index is 1.95. The van der Waals surface area contributed by atoms with Crippen LogP contribution in [0, 0.1) is 0 Å². The fourth-order valence-corrected chi connectivity index (χ4v) is 3.17. The lowest BCUT2D eigenvalue weighted by atomic mass is 9.84. The number of aryl methyl sites for hydroxylation is 1. The third kappa shape index (κ3) is 1.83. The third-order valence-corrected chi connectivity index (χ3v) is 4.19. The zero-order valence-electron chi connectivity index (χ0n) is 11.7. The summed E-state index contributed by atoms with van der Waals surface area (Å²) in [6, 6.07) is 14.6. The van der Waals surface area contributed by atoms with Gasteiger partial charge in [0.05, 0.1) is 6.20 Å². The van der Waals surface area contributed by atoms with Gasteiger partial charge >= 0.3 is 0 Å². The van der Waals surface area contributed by atoms with Crippen molar-refractivity contribution in [2.45, 2.75) is 12.3 Å². The average Bonchev–Trinajstić information content (AvgIpc) is 2.87. The molecule has 0 unspecified atom stereocenters. The summed E-state index contributed by atoms with van der Waals surface area (Å²) in [4.78, 5) is 12.0. The molecule has 4 heteroatoms. The van der Waals surface area contributed by atoms with E-state index in [2.05, 4.69) is 40.7 Å². The van der Waals surface area contributed by atoms with Gasteiger partial charge in [-0.3, -0.25) is 9.48 Å². The summed E-state index contributed by atoms with van der Waals surface area (Å²) in [5.74, 6) is 0.918. The van der Waals surface area contributed by atoms with Crippen LogP contribution in [0.25, 0.3) is 10.8 Å². The van der Waals surface area contributed by atoms with Crippen LogP contribution in [0.5, 0.6) is 0 Å². The van der Waals surface area contributed by atoms with Crippen molar-refractivity contribution in [2.24, 2.45) is 7.05 Å². The lowest BCUT2D eigenvalue weighted by molar-refractivity contribution is -0.116. The molecular formula is C17H15N3O. The Labute approximate surface area is 122 Å². The molecule has 4 nitrogen and oxygen atoms in total. The summed E-state index contributed by atoms with van der Waals surface area (Å²) >= 11 is 0. The van der Waals surface area contributed by atoms with Crippen LogP contribution in [0.3, 0.4) is 0 Å². The molecule has 1 aliphatic heterocycles. The van der Waals surface area contributed by atoms with Crippen molar-refractivity contribution in [2.75, 3.05) is 5.32 Å². The molecular weight excluding hydrogens is 262 g/mol. The minimum atomic E-state index is 0.0454. The molecule has 1 atom stereocenters. The number of nitrogens with zero attached hydrogens (tertiary/aromatic N) is 2. The van der Waals surface area contributed by atoms with Gasteiger partial charge in [0.2, 0.25) is 5.91 Å². The lowest BCUT2D eigenvalue weighted by Gasteiger charge is -2.24. The maximum atomic E-state index is 12.0. The summed E-state index contributed by atoms with van der Waals surface area (Å²) in [7, 11) is 1.85. The molecule has 1 aliphatic rings. The summed E-state index contributed by atoms with van der Waals surface area (Å²) in [5, 5.41) is 9.61. The number of carbonyl (C=O) groups excluding carboxylic acids is 1. The summed E-state index contributed by atoms with van der Waals surface area (Å²) in [5.41, 5.74) is 2.28.